The molecule has 0 saturated heterocycles. The van der Waals surface area contributed by atoms with E-state index in [-0.39, 0.29) is 16.4 Å². The number of carboxylic acid groups (broad SMARTS) is 1. The highest BCUT2D eigenvalue weighted by atomic mass is 35.5. The van der Waals surface area contributed by atoms with Gasteiger partial charge in [0.15, 0.2) is 0 Å². The van der Waals surface area contributed by atoms with Crippen LogP contribution in [-0.2, 0) is 4.79 Å². The van der Waals surface area contributed by atoms with Gasteiger partial charge >= 0.3 is 5.97 Å². The minimum atomic E-state index is -1.03. The highest BCUT2D eigenvalue weighted by Crippen LogP contribution is 2.29. The van der Waals surface area contributed by atoms with E-state index in [4.69, 9.17) is 16.7 Å². The highest BCUT2D eigenvalue weighted by Gasteiger charge is 2.24. The molecule has 1 atom stereocenters. The first-order valence-corrected chi connectivity index (χ1v) is 5.37. The molecule has 0 spiro atoms. The molecule has 1 unspecified atom stereocenters. The molecule has 0 aliphatic carbocycles. The maximum absolute atomic E-state index is 11.0. The average molecular weight is 259 g/mol. The largest absolute Gasteiger partial charge is 0.481 e. The Morgan fingerprint density at radius 3 is 2.76 bits per heavy atom. The molecule has 1 aromatic rings. The Bertz CT molecular complexity index is 450. The molecule has 7 heteroatoms. The molecule has 1 N–H and O–H groups in total. The Morgan fingerprint density at radius 1 is 1.71 bits per heavy atom. The van der Waals surface area contributed by atoms with Crippen LogP contribution < -0.4 is 0 Å². The number of aromatic nitrogens is 1. The van der Waals surface area contributed by atoms with Crippen molar-refractivity contribution in [3.63, 3.8) is 0 Å². The van der Waals surface area contributed by atoms with Crippen molar-refractivity contribution < 1.29 is 14.8 Å². The van der Waals surface area contributed by atoms with E-state index < -0.39 is 16.8 Å². The summed E-state index contributed by atoms with van der Waals surface area (Å²) in [5, 5.41) is 19.5. The standard InChI is InChI=1S/C10H11ClN2O4/c1-2-3-7(10(14)15)9-8(11)4-6(5-12-9)13(16)17/h4-5,7H,2-3H2,1H3,(H,14,15). The predicted molar refractivity (Wildman–Crippen MR) is 61.2 cm³/mol. The van der Waals surface area contributed by atoms with Gasteiger partial charge in [-0.15, -0.1) is 0 Å². The van der Waals surface area contributed by atoms with E-state index in [1.54, 1.807) is 0 Å². The second-order valence-corrected chi connectivity index (χ2v) is 3.90. The van der Waals surface area contributed by atoms with Crippen molar-refractivity contribution in [3.05, 3.63) is 33.1 Å². The normalized spacial score (nSPS) is 12.1. The second kappa shape index (κ2) is 5.58. The minimum Gasteiger partial charge on any atom is -0.481 e. The number of hydrogen-bond donors (Lipinski definition) is 1. The van der Waals surface area contributed by atoms with Gasteiger partial charge < -0.3 is 5.11 Å². The van der Waals surface area contributed by atoms with Crippen LogP contribution in [0, 0.1) is 10.1 Å². The van der Waals surface area contributed by atoms with Crippen molar-refractivity contribution in [2.75, 3.05) is 0 Å². The van der Waals surface area contributed by atoms with Crippen LogP contribution in [0.15, 0.2) is 12.3 Å². The topological polar surface area (TPSA) is 93.3 Å². The number of hydrogen-bond acceptors (Lipinski definition) is 4. The molecule has 1 rings (SSSR count). The number of rotatable bonds is 5. The van der Waals surface area contributed by atoms with E-state index in [1.165, 1.54) is 0 Å². The van der Waals surface area contributed by atoms with Gasteiger partial charge in [0.25, 0.3) is 5.69 Å². The molecule has 0 radical (unpaired) electrons. The molecule has 6 nitrogen and oxygen atoms in total. The van der Waals surface area contributed by atoms with Crippen molar-refractivity contribution in [2.24, 2.45) is 0 Å². The summed E-state index contributed by atoms with van der Waals surface area (Å²) >= 11 is 5.82. The number of pyridine rings is 1. The Hall–Kier alpha value is -1.69. The van der Waals surface area contributed by atoms with Crippen molar-refractivity contribution in [1.82, 2.24) is 4.98 Å². The lowest BCUT2D eigenvalue weighted by Crippen LogP contribution is -2.13. The van der Waals surface area contributed by atoms with Crippen LogP contribution >= 0.6 is 11.6 Å². The number of carboxylic acids is 1. The summed E-state index contributed by atoms with van der Waals surface area (Å²) in [6, 6.07) is 1.12. The number of aliphatic carboxylic acids is 1. The number of halogens is 1. The molecule has 17 heavy (non-hydrogen) atoms. The van der Waals surface area contributed by atoms with Gasteiger partial charge in [0.1, 0.15) is 12.1 Å². The fourth-order valence-electron chi connectivity index (χ4n) is 1.46. The minimum absolute atomic E-state index is 0.0139. The van der Waals surface area contributed by atoms with Gasteiger partial charge in [-0.3, -0.25) is 19.9 Å². The summed E-state index contributed by atoms with van der Waals surface area (Å²) in [5.41, 5.74) is -0.0778. The van der Waals surface area contributed by atoms with Gasteiger partial charge in [-0.2, -0.15) is 0 Å². The summed E-state index contributed by atoms with van der Waals surface area (Å²) in [7, 11) is 0. The summed E-state index contributed by atoms with van der Waals surface area (Å²) < 4.78 is 0. The van der Waals surface area contributed by atoms with Gasteiger partial charge in [-0.05, 0) is 6.42 Å². The Morgan fingerprint density at radius 2 is 2.35 bits per heavy atom. The predicted octanol–water partition coefficient (Wildman–Crippen LogP) is 2.61. The van der Waals surface area contributed by atoms with E-state index in [0.29, 0.717) is 12.8 Å². The van der Waals surface area contributed by atoms with Crippen LogP contribution in [0.1, 0.15) is 31.4 Å². The van der Waals surface area contributed by atoms with Crippen LogP contribution in [0.4, 0.5) is 5.69 Å². The summed E-state index contributed by atoms with van der Waals surface area (Å²) in [5.74, 6) is -1.86. The van der Waals surface area contributed by atoms with Crippen molar-refractivity contribution >= 4 is 23.3 Å². The van der Waals surface area contributed by atoms with E-state index in [9.17, 15) is 14.9 Å². The van der Waals surface area contributed by atoms with Gasteiger partial charge in [0, 0.05) is 6.07 Å². The molecule has 0 bridgehead atoms. The number of nitro groups is 1. The second-order valence-electron chi connectivity index (χ2n) is 3.50. The van der Waals surface area contributed by atoms with Gasteiger partial charge in [0.05, 0.1) is 15.6 Å². The molecule has 1 heterocycles. The first kappa shape index (κ1) is 13.4. The van der Waals surface area contributed by atoms with Crippen molar-refractivity contribution in [2.45, 2.75) is 25.7 Å². The Balaban J connectivity index is 3.12. The molecule has 92 valence electrons. The third-order valence-corrected chi connectivity index (χ3v) is 2.57. The maximum atomic E-state index is 11.0. The van der Waals surface area contributed by atoms with E-state index >= 15 is 0 Å². The van der Waals surface area contributed by atoms with Gasteiger partial charge in [-0.25, -0.2) is 0 Å². The van der Waals surface area contributed by atoms with Crippen LogP contribution in [0.25, 0.3) is 0 Å². The SMILES string of the molecule is CCCC(C(=O)O)c1ncc([N+](=O)[O-])cc1Cl. The first-order chi connectivity index (χ1) is 7.97. The highest BCUT2D eigenvalue weighted by molar-refractivity contribution is 6.31. The molecular formula is C10H11ClN2O4. The number of carbonyl (C=O) groups is 1. The fraction of sp³-hybridized carbons (Fsp3) is 0.400. The van der Waals surface area contributed by atoms with Crippen LogP contribution in [0.3, 0.4) is 0 Å². The van der Waals surface area contributed by atoms with E-state index in [0.717, 1.165) is 12.3 Å². The monoisotopic (exact) mass is 258 g/mol. The van der Waals surface area contributed by atoms with Gasteiger partial charge in [-0.1, -0.05) is 24.9 Å². The maximum Gasteiger partial charge on any atom is 0.312 e. The smallest absolute Gasteiger partial charge is 0.312 e. The van der Waals surface area contributed by atoms with Crippen molar-refractivity contribution in [3.8, 4) is 0 Å². The van der Waals surface area contributed by atoms with Crippen LogP contribution in [-0.4, -0.2) is 21.0 Å². The quantitative estimate of drug-likeness (QED) is 0.647. The fourth-order valence-corrected chi connectivity index (χ4v) is 1.75. The molecule has 0 aliphatic heterocycles. The molecule has 0 aliphatic rings. The molecular weight excluding hydrogens is 248 g/mol. The Labute approximate surface area is 102 Å². The molecule has 0 fully saturated rings. The zero-order valence-electron chi connectivity index (χ0n) is 9.09. The molecule has 0 amide bonds. The van der Waals surface area contributed by atoms with E-state index in [1.807, 2.05) is 6.92 Å². The average Bonchev–Trinajstić information content (AvgIpc) is 2.26. The summed E-state index contributed by atoms with van der Waals surface area (Å²) in [4.78, 5) is 24.7. The zero-order chi connectivity index (χ0) is 13.0. The Kier molecular flexibility index (Phi) is 4.39. The third-order valence-electron chi connectivity index (χ3n) is 2.27. The summed E-state index contributed by atoms with van der Waals surface area (Å²) in [6.07, 6.45) is 2.07. The first-order valence-electron chi connectivity index (χ1n) is 5.00. The lowest BCUT2D eigenvalue weighted by atomic mass is 9.99. The number of nitrogens with zero attached hydrogens (tertiary/aromatic N) is 2. The lowest BCUT2D eigenvalue weighted by molar-refractivity contribution is -0.385. The molecule has 1 aromatic heterocycles. The van der Waals surface area contributed by atoms with Crippen LogP contribution in [0.5, 0.6) is 0 Å². The van der Waals surface area contributed by atoms with Gasteiger partial charge in [0.2, 0.25) is 0 Å². The lowest BCUT2D eigenvalue weighted by Gasteiger charge is -2.11. The molecule has 0 aromatic carbocycles. The zero-order valence-corrected chi connectivity index (χ0v) is 9.85. The third kappa shape index (κ3) is 3.13. The molecule has 0 saturated carbocycles. The van der Waals surface area contributed by atoms with E-state index in [2.05, 4.69) is 4.98 Å². The van der Waals surface area contributed by atoms with Crippen LogP contribution in [0.2, 0.25) is 5.02 Å². The van der Waals surface area contributed by atoms with Crippen molar-refractivity contribution in [1.29, 1.82) is 0 Å². The summed E-state index contributed by atoms with van der Waals surface area (Å²) in [6.45, 7) is 1.84.